The monoisotopic (exact) mass is 507 g/mol. The van der Waals surface area contributed by atoms with Gasteiger partial charge in [0.05, 0.1) is 6.20 Å². The maximum Gasteiger partial charge on any atom is 0.229 e. The lowest BCUT2D eigenvalue weighted by Gasteiger charge is -2.33. The zero-order valence-corrected chi connectivity index (χ0v) is 21.0. The molecule has 2 aromatic carbocycles. The zero-order chi connectivity index (χ0) is 24.2. The third-order valence-electron chi connectivity index (χ3n) is 6.10. The summed E-state index contributed by atoms with van der Waals surface area (Å²) in [5, 5.41) is 12.3. The van der Waals surface area contributed by atoms with Crippen molar-refractivity contribution in [3.05, 3.63) is 82.7 Å². The highest BCUT2D eigenvalue weighted by atomic mass is 35.5. The van der Waals surface area contributed by atoms with Gasteiger partial charge in [0.15, 0.2) is 0 Å². The first-order valence-corrected chi connectivity index (χ1v) is 12.4. The molecule has 1 saturated heterocycles. The molecule has 0 saturated carbocycles. The molecule has 3 heterocycles. The predicted molar refractivity (Wildman–Crippen MR) is 142 cm³/mol. The van der Waals surface area contributed by atoms with Gasteiger partial charge in [-0.05, 0) is 36.6 Å². The molecular formula is C26H27Cl2N7. The van der Waals surface area contributed by atoms with Crippen LogP contribution in [0.5, 0.6) is 0 Å². The zero-order valence-electron chi connectivity index (χ0n) is 19.5. The fourth-order valence-corrected chi connectivity index (χ4v) is 4.88. The number of aromatic nitrogens is 4. The Balaban J connectivity index is 1.32. The van der Waals surface area contributed by atoms with Crippen LogP contribution in [-0.2, 0) is 13.6 Å². The fraction of sp³-hybridized carbons (Fsp3) is 0.269. The quantitative estimate of drug-likeness (QED) is 0.319. The molecule has 1 fully saturated rings. The van der Waals surface area contributed by atoms with E-state index in [0.29, 0.717) is 22.0 Å². The van der Waals surface area contributed by atoms with Gasteiger partial charge in [0, 0.05) is 72.0 Å². The molecule has 9 heteroatoms. The first-order chi connectivity index (χ1) is 17.0. The Kier molecular flexibility index (Phi) is 7.18. The minimum atomic E-state index is 0.320. The third kappa shape index (κ3) is 6.11. The van der Waals surface area contributed by atoms with E-state index in [1.807, 2.05) is 25.6 Å². The predicted octanol–water partition coefficient (Wildman–Crippen LogP) is 6.00. The summed E-state index contributed by atoms with van der Waals surface area (Å²) in [5.74, 6) is 1.25. The molecule has 2 N–H and O–H groups in total. The fourth-order valence-electron chi connectivity index (χ4n) is 4.35. The van der Waals surface area contributed by atoms with Crippen LogP contribution in [0.2, 0.25) is 10.0 Å². The molecule has 0 radical (unpaired) electrons. The lowest BCUT2D eigenvalue weighted by Crippen LogP contribution is -2.38. The Morgan fingerprint density at radius 3 is 2.43 bits per heavy atom. The van der Waals surface area contributed by atoms with Crippen LogP contribution in [0.3, 0.4) is 0 Å². The smallest absolute Gasteiger partial charge is 0.229 e. The van der Waals surface area contributed by atoms with Crippen LogP contribution >= 0.6 is 23.2 Å². The van der Waals surface area contributed by atoms with Gasteiger partial charge in [-0.25, -0.2) is 4.98 Å². The molecule has 35 heavy (non-hydrogen) atoms. The lowest BCUT2D eigenvalue weighted by atomic mass is 10.0. The molecule has 1 aliphatic heterocycles. The molecule has 0 aliphatic carbocycles. The number of hydrogen-bond acceptors (Lipinski definition) is 6. The minimum Gasteiger partial charge on any atom is -0.367 e. The van der Waals surface area contributed by atoms with Gasteiger partial charge in [-0.2, -0.15) is 10.1 Å². The summed E-state index contributed by atoms with van der Waals surface area (Å²) in [6, 6.07) is 16.2. The number of benzene rings is 2. The summed E-state index contributed by atoms with van der Waals surface area (Å²) < 4.78 is 1.78. The third-order valence-corrected chi connectivity index (χ3v) is 6.54. The summed E-state index contributed by atoms with van der Waals surface area (Å²) in [6.07, 6.45) is 7.70. The summed E-state index contributed by atoms with van der Waals surface area (Å²) in [6.45, 7) is 3.05. The van der Waals surface area contributed by atoms with E-state index in [9.17, 15) is 0 Å². The van der Waals surface area contributed by atoms with Gasteiger partial charge in [-0.1, -0.05) is 53.5 Å². The second-order valence-electron chi connectivity index (χ2n) is 8.82. The van der Waals surface area contributed by atoms with Crippen molar-refractivity contribution in [3.63, 3.8) is 0 Å². The van der Waals surface area contributed by atoms with Crippen LogP contribution in [0, 0.1) is 0 Å². The van der Waals surface area contributed by atoms with Gasteiger partial charge in [0.25, 0.3) is 0 Å². The molecule has 4 aromatic rings. The average Bonchev–Trinajstić information content (AvgIpc) is 3.26. The van der Waals surface area contributed by atoms with E-state index >= 15 is 0 Å². The number of aryl methyl sites for hydroxylation is 1. The van der Waals surface area contributed by atoms with Gasteiger partial charge in [-0.15, -0.1) is 0 Å². The first-order valence-electron chi connectivity index (χ1n) is 11.6. The standard InChI is InChI=1S/C26H27Cl2N7/c1-34-17-19(14-30-34)24-15-29-26(32-23-12-20(27)11-21(28)13-23)33-25(24)31-22-7-9-35(10-8-22)16-18-5-3-2-4-6-18/h2-6,11-15,17,22H,7-10,16H2,1H3,(H2,29,31,32,33). The van der Waals surface area contributed by atoms with Crippen LogP contribution < -0.4 is 10.6 Å². The van der Waals surface area contributed by atoms with Crippen LogP contribution in [0.4, 0.5) is 17.5 Å². The Labute approximate surface area is 215 Å². The van der Waals surface area contributed by atoms with E-state index in [1.165, 1.54) is 5.56 Å². The maximum atomic E-state index is 6.16. The molecule has 1 aliphatic rings. The molecule has 0 bridgehead atoms. The summed E-state index contributed by atoms with van der Waals surface area (Å²) >= 11 is 12.3. The highest BCUT2D eigenvalue weighted by molar-refractivity contribution is 6.35. The second kappa shape index (κ2) is 10.6. The molecule has 5 rings (SSSR count). The SMILES string of the molecule is Cn1cc(-c2cnc(Nc3cc(Cl)cc(Cl)c3)nc2NC2CCN(Cc3ccccc3)CC2)cn1. The highest BCUT2D eigenvalue weighted by Crippen LogP contribution is 2.30. The van der Waals surface area contributed by atoms with E-state index < -0.39 is 0 Å². The number of halogens is 2. The van der Waals surface area contributed by atoms with Crippen molar-refractivity contribution in [2.75, 3.05) is 23.7 Å². The van der Waals surface area contributed by atoms with E-state index in [2.05, 4.69) is 55.9 Å². The maximum absolute atomic E-state index is 6.16. The number of hydrogen-bond donors (Lipinski definition) is 2. The van der Waals surface area contributed by atoms with Gasteiger partial charge in [-0.3, -0.25) is 9.58 Å². The molecule has 0 atom stereocenters. The van der Waals surface area contributed by atoms with Crippen LogP contribution in [0.1, 0.15) is 18.4 Å². The number of piperidine rings is 1. The molecule has 0 amide bonds. The van der Waals surface area contributed by atoms with Gasteiger partial charge >= 0.3 is 0 Å². The van der Waals surface area contributed by atoms with Gasteiger partial charge < -0.3 is 10.6 Å². The van der Waals surface area contributed by atoms with E-state index in [1.54, 1.807) is 22.9 Å². The topological polar surface area (TPSA) is 70.9 Å². The molecule has 7 nitrogen and oxygen atoms in total. The number of anilines is 3. The number of likely N-dealkylation sites (tertiary alicyclic amines) is 1. The van der Waals surface area contributed by atoms with Crippen molar-refractivity contribution >= 4 is 40.7 Å². The Hall–Kier alpha value is -3.13. The summed E-state index contributed by atoms with van der Waals surface area (Å²) in [7, 11) is 1.90. The number of nitrogens with zero attached hydrogens (tertiary/aromatic N) is 5. The van der Waals surface area contributed by atoms with Crippen molar-refractivity contribution in [2.24, 2.45) is 7.05 Å². The van der Waals surface area contributed by atoms with Crippen LogP contribution in [0.15, 0.2) is 67.1 Å². The van der Waals surface area contributed by atoms with Crippen molar-refractivity contribution in [1.29, 1.82) is 0 Å². The molecule has 180 valence electrons. The van der Waals surface area contributed by atoms with E-state index in [4.69, 9.17) is 28.2 Å². The molecule has 0 spiro atoms. The largest absolute Gasteiger partial charge is 0.367 e. The van der Waals surface area contributed by atoms with Crippen LogP contribution in [-0.4, -0.2) is 43.8 Å². The van der Waals surface area contributed by atoms with Gasteiger partial charge in [0.2, 0.25) is 5.95 Å². The lowest BCUT2D eigenvalue weighted by molar-refractivity contribution is 0.211. The van der Waals surface area contributed by atoms with Crippen molar-refractivity contribution in [2.45, 2.75) is 25.4 Å². The van der Waals surface area contributed by atoms with Crippen molar-refractivity contribution in [3.8, 4) is 11.1 Å². The normalized spacial score (nSPS) is 14.7. The van der Waals surface area contributed by atoms with Gasteiger partial charge in [0.1, 0.15) is 5.82 Å². The van der Waals surface area contributed by atoms with E-state index in [0.717, 1.165) is 55.1 Å². The molecular weight excluding hydrogens is 481 g/mol. The molecule has 2 aromatic heterocycles. The second-order valence-corrected chi connectivity index (χ2v) is 9.69. The Bertz CT molecular complexity index is 1260. The van der Waals surface area contributed by atoms with Crippen LogP contribution in [0.25, 0.3) is 11.1 Å². The average molecular weight is 508 g/mol. The van der Waals surface area contributed by atoms with Crippen molar-refractivity contribution in [1.82, 2.24) is 24.6 Å². The first kappa shape index (κ1) is 23.6. The summed E-state index contributed by atoms with van der Waals surface area (Å²) in [5.41, 5.74) is 3.97. The Morgan fingerprint density at radius 2 is 1.74 bits per heavy atom. The highest BCUT2D eigenvalue weighted by Gasteiger charge is 2.21. The van der Waals surface area contributed by atoms with Crippen molar-refractivity contribution < 1.29 is 0 Å². The van der Waals surface area contributed by atoms with E-state index in [-0.39, 0.29) is 0 Å². The minimum absolute atomic E-state index is 0.320. The molecule has 0 unspecified atom stereocenters. The number of rotatable bonds is 7. The number of nitrogens with one attached hydrogen (secondary N) is 2. The Morgan fingerprint density at radius 1 is 1.00 bits per heavy atom. The summed E-state index contributed by atoms with van der Waals surface area (Å²) in [4.78, 5) is 11.9.